The fourth-order valence-electron chi connectivity index (χ4n) is 3.72. The van der Waals surface area contributed by atoms with E-state index in [1.165, 1.54) is 11.8 Å². The van der Waals surface area contributed by atoms with E-state index >= 15 is 0 Å². The van der Waals surface area contributed by atoms with Crippen LogP contribution in [0, 0.1) is 11.3 Å². The molecule has 0 bridgehead atoms. The Labute approximate surface area is 190 Å². The van der Waals surface area contributed by atoms with Gasteiger partial charge < -0.3 is 14.5 Å². The topological polar surface area (TPSA) is 73.6 Å². The highest BCUT2D eigenvalue weighted by molar-refractivity contribution is 8.00. The molecule has 0 saturated heterocycles. The van der Waals surface area contributed by atoms with Crippen molar-refractivity contribution in [2.24, 2.45) is 0 Å². The molecule has 0 amide bonds. The van der Waals surface area contributed by atoms with Gasteiger partial charge in [0.05, 0.1) is 17.1 Å². The number of ketones is 1. The van der Waals surface area contributed by atoms with Crippen LogP contribution in [-0.4, -0.2) is 38.2 Å². The number of para-hydroxylation sites is 2. The number of benzene rings is 3. The van der Waals surface area contributed by atoms with Crippen LogP contribution in [0.4, 0.5) is 11.4 Å². The normalized spacial score (nSPS) is 12.5. The first-order chi connectivity index (χ1) is 15.5. The second-order valence-electron chi connectivity index (χ2n) is 7.30. The molecular formula is C25H21N3O3S. The van der Waals surface area contributed by atoms with E-state index in [1.807, 2.05) is 72.8 Å². The lowest BCUT2D eigenvalue weighted by Crippen LogP contribution is -2.28. The molecule has 0 radical (unpaired) electrons. The Morgan fingerprint density at radius 2 is 1.56 bits per heavy atom. The minimum atomic E-state index is -0.530. The summed E-state index contributed by atoms with van der Waals surface area (Å²) in [6, 6.07) is 23.6. The SMILES string of the molecule is CN1C(=C(C#N)C(=O)COC(=O)CSc2ccc3ccccc3c2)N(C)c2ccccc21. The van der Waals surface area contributed by atoms with Gasteiger partial charge in [-0.25, -0.2) is 0 Å². The fraction of sp³-hybridized carbons (Fsp3) is 0.160. The standard InChI is InChI=1S/C25H21N3O3S/c1-27-21-9-5-6-10-22(21)28(2)25(27)20(14-26)23(29)15-31-24(30)16-32-19-12-11-17-7-3-4-8-18(17)13-19/h3-13H,15-16H2,1-2H3. The van der Waals surface area contributed by atoms with Crippen LogP contribution < -0.4 is 9.80 Å². The van der Waals surface area contributed by atoms with Gasteiger partial charge in [0.15, 0.2) is 6.61 Å². The number of nitriles is 1. The van der Waals surface area contributed by atoms with Crippen molar-refractivity contribution in [3.8, 4) is 6.07 Å². The zero-order chi connectivity index (χ0) is 22.7. The summed E-state index contributed by atoms with van der Waals surface area (Å²) >= 11 is 1.35. The van der Waals surface area contributed by atoms with Gasteiger partial charge in [0.1, 0.15) is 17.5 Å². The van der Waals surface area contributed by atoms with Crippen LogP contribution in [0.5, 0.6) is 0 Å². The lowest BCUT2D eigenvalue weighted by atomic mass is 10.1. The molecule has 6 nitrogen and oxygen atoms in total. The molecule has 1 aliphatic rings. The summed E-state index contributed by atoms with van der Waals surface area (Å²) in [7, 11) is 3.60. The summed E-state index contributed by atoms with van der Waals surface area (Å²) in [5.74, 6) is -0.483. The number of ether oxygens (including phenoxy) is 1. The Hall–Kier alpha value is -3.76. The van der Waals surface area contributed by atoms with E-state index in [0.717, 1.165) is 27.0 Å². The number of hydrogen-bond donors (Lipinski definition) is 0. The summed E-state index contributed by atoms with van der Waals surface area (Å²) in [4.78, 5) is 29.5. The number of carbonyl (C=O) groups excluding carboxylic acids is 2. The predicted octanol–water partition coefficient (Wildman–Crippen LogP) is 4.37. The van der Waals surface area contributed by atoms with Crippen molar-refractivity contribution >= 4 is 45.7 Å². The molecule has 1 heterocycles. The number of rotatable bonds is 6. The van der Waals surface area contributed by atoms with Gasteiger partial charge in [-0.15, -0.1) is 11.8 Å². The largest absolute Gasteiger partial charge is 0.457 e. The van der Waals surface area contributed by atoms with Crippen LogP contribution in [0.2, 0.25) is 0 Å². The van der Waals surface area contributed by atoms with Crippen molar-refractivity contribution in [1.29, 1.82) is 5.26 Å². The van der Waals surface area contributed by atoms with Crippen LogP contribution in [0.1, 0.15) is 0 Å². The van der Waals surface area contributed by atoms with E-state index in [-0.39, 0.29) is 11.3 Å². The molecule has 3 aromatic carbocycles. The Kier molecular flexibility index (Phi) is 6.15. The van der Waals surface area contributed by atoms with Gasteiger partial charge in [0.2, 0.25) is 5.78 Å². The van der Waals surface area contributed by atoms with Crippen molar-refractivity contribution in [1.82, 2.24) is 0 Å². The summed E-state index contributed by atoms with van der Waals surface area (Å²) in [5, 5.41) is 11.9. The third kappa shape index (κ3) is 4.18. The van der Waals surface area contributed by atoms with Crippen molar-refractivity contribution in [2.75, 3.05) is 36.3 Å². The molecule has 0 aromatic heterocycles. The molecule has 32 heavy (non-hydrogen) atoms. The molecule has 0 atom stereocenters. The van der Waals surface area contributed by atoms with Gasteiger partial charge in [0.25, 0.3) is 0 Å². The van der Waals surface area contributed by atoms with E-state index in [4.69, 9.17) is 4.74 Å². The predicted molar refractivity (Wildman–Crippen MR) is 127 cm³/mol. The van der Waals surface area contributed by atoms with Crippen molar-refractivity contribution in [2.45, 2.75) is 4.90 Å². The van der Waals surface area contributed by atoms with Crippen LogP contribution in [0.15, 0.2) is 83.0 Å². The zero-order valence-corrected chi connectivity index (χ0v) is 18.6. The summed E-state index contributed by atoms with van der Waals surface area (Å²) in [6.45, 7) is -0.471. The van der Waals surface area contributed by atoms with Gasteiger partial charge in [-0.2, -0.15) is 5.26 Å². The Bertz CT molecular complexity index is 1250. The summed E-state index contributed by atoms with van der Waals surface area (Å²) in [5.41, 5.74) is 1.75. The number of anilines is 2. The second kappa shape index (κ2) is 9.16. The van der Waals surface area contributed by atoms with E-state index in [2.05, 4.69) is 0 Å². The van der Waals surface area contributed by atoms with E-state index in [0.29, 0.717) is 5.82 Å². The minimum Gasteiger partial charge on any atom is -0.457 e. The molecule has 0 unspecified atom stereocenters. The number of nitrogens with zero attached hydrogens (tertiary/aromatic N) is 3. The summed E-state index contributed by atoms with van der Waals surface area (Å²) in [6.07, 6.45) is 0. The van der Waals surface area contributed by atoms with Crippen molar-refractivity contribution in [3.05, 3.63) is 78.1 Å². The van der Waals surface area contributed by atoms with Gasteiger partial charge in [-0.3, -0.25) is 9.59 Å². The Balaban J connectivity index is 1.38. The Morgan fingerprint density at radius 1 is 0.938 bits per heavy atom. The smallest absolute Gasteiger partial charge is 0.316 e. The van der Waals surface area contributed by atoms with Crippen LogP contribution in [0.3, 0.4) is 0 Å². The van der Waals surface area contributed by atoms with Crippen molar-refractivity contribution in [3.63, 3.8) is 0 Å². The van der Waals surface area contributed by atoms with Crippen LogP contribution in [-0.2, 0) is 14.3 Å². The maximum Gasteiger partial charge on any atom is 0.316 e. The molecule has 0 fully saturated rings. The highest BCUT2D eigenvalue weighted by Crippen LogP contribution is 2.40. The minimum absolute atomic E-state index is 0.0406. The summed E-state index contributed by atoms with van der Waals surface area (Å²) < 4.78 is 5.17. The first-order valence-electron chi connectivity index (χ1n) is 10.0. The molecule has 160 valence electrons. The maximum atomic E-state index is 12.7. The highest BCUT2D eigenvalue weighted by Gasteiger charge is 2.31. The van der Waals surface area contributed by atoms with Crippen LogP contribution in [0.25, 0.3) is 10.8 Å². The number of thioether (sulfide) groups is 1. The average molecular weight is 444 g/mol. The molecule has 0 aliphatic carbocycles. The number of esters is 1. The van der Waals surface area contributed by atoms with E-state index < -0.39 is 18.4 Å². The highest BCUT2D eigenvalue weighted by atomic mass is 32.2. The van der Waals surface area contributed by atoms with Crippen molar-refractivity contribution < 1.29 is 14.3 Å². The molecule has 1 aliphatic heterocycles. The second-order valence-corrected chi connectivity index (χ2v) is 8.35. The van der Waals surface area contributed by atoms with Gasteiger partial charge in [0, 0.05) is 19.0 Å². The third-order valence-electron chi connectivity index (χ3n) is 5.30. The number of fused-ring (bicyclic) bond motifs is 2. The average Bonchev–Trinajstić information content (AvgIpc) is 3.07. The maximum absolute atomic E-state index is 12.7. The number of Topliss-reactive ketones (excluding diaryl/α,β-unsaturated/α-hetero) is 1. The fourth-order valence-corrected chi connectivity index (χ4v) is 4.46. The first kappa shape index (κ1) is 21.5. The number of hydrogen-bond acceptors (Lipinski definition) is 7. The molecule has 4 rings (SSSR count). The molecule has 0 saturated carbocycles. The molecular weight excluding hydrogens is 422 g/mol. The lowest BCUT2D eigenvalue weighted by molar-refractivity contribution is -0.144. The van der Waals surface area contributed by atoms with Gasteiger partial charge in [-0.05, 0) is 35.0 Å². The van der Waals surface area contributed by atoms with Crippen LogP contribution >= 0.6 is 11.8 Å². The lowest BCUT2D eigenvalue weighted by Gasteiger charge is -2.19. The third-order valence-corrected chi connectivity index (χ3v) is 6.26. The molecule has 0 spiro atoms. The molecule has 3 aromatic rings. The van der Waals surface area contributed by atoms with E-state index in [1.54, 1.807) is 23.9 Å². The zero-order valence-electron chi connectivity index (χ0n) is 17.7. The first-order valence-corrected chi connectivity index (χ1v) is 11.0. The molecule has 7 heteroatoms. The van der Waals surface area contributed by atoms with Gasteiger partial charge in [-0.1, -0.05) is 42.5 Å². The monoisotopic (exact) mass is 443 g/mol. The number of carbonyl (C=O) groups is 2. The quantitative estimate of drug-likeness (QED) is 0.242. The van der Waals surface area contributed by atoms with E-state index in [9.17, 15) is 14.9 Å². The molecule has 0 N–H and O–H groups in total. The van der Waals surface area contributed by atoms with Gasteiger partial charge >= 0.3 is 5.97 Å². The Morgan fingerprint density at radius 3 is 2.22 bits per heavy atom.